The number of amides is 1. The van der Waals surface area contributed by atoms with Gasteiger partial charge in [0.25, 0.3) is 0 Å². The zero-order chi connectivity index (χ0) is 12.3. The van der Waals surface area contributed by atoms with Crippen LogP contribution >= 0.6 is 0 Å². The van der Waals surface area contributed by atoms with Crippen molar-refractivity contribution in [2.75, 3.05) is 33.2 Å². The summed E-state index contributed by atoms with van der Waals surface area (Å²) in [6.07, 6.45) is 4.24. The fourth-order valence-electron chi connectivity index (χ4n) is 3.02. The van der Waals surface area contributed by atoms with Gasteiger partial charge in [0.05, 0.1) is 5.41 Å². The number of nitrogens with zero attached hydrogens (tertiary/aromatic N) is 1. The van der Waals surface area contributed by atoms with E-state index in [0.717, 1.165) is 45.4 Å². The fraction of sp³-hybridized carbons (Fsp3) is 0.923. The lowest BCUT2D eigenvalue weighted by molar-refractivity contribution is -0.131. The van der Waals surface area contributed by atoms with E-state index >= 15 is 0 Å². The standard InChI is InChI=1S/C13H25N3O/c1-3-13(6-7-14-10-13)12(17)15-11-5-4-8-16(2)9-11/h11,14H,3-10H2,1-2H3,(H,15,17). The van der Waals surface area contributed by atoms with Crippen molar-refractivity contribution in [3.8, 4) is 0 Å². The van der Waals surface area contributed by atoms with Gasteiger partial charge in [-0.2, -0.15) is 0 Å². The molecular formula is C13H25N3O. The van der Waals surface area contributed by atoms with Gasteiger partial charge in [0.15, 0.2) is 0 Å². The highest BCUT2D eigenvalue weighted by Gasteiger charge is 2.40. The van der Waals surface area contributed by atoms with Gasteiger partial charge in [-0.25, -0.2) is 0 Å². The summed E-state index contributed by atoms with van der Waals surface area (Å²) in [4.78, 5) is 14.7. The number of rotatable bonds is 3. The molecule has 4 nitrogen and oxygen atoms in total. The summed E-state index contributed by atoms with van der Waals surface area (Å²) in [6.45, 7) is 6.11. The van der Waals surface area contributed by atoms with Gasteiger partial charge >= 0.3 is 0 Å². The Morgan fingerprint density at radius 3 is 3.00 bits per heavy atom. The molecule has 0 aromatic heterocycles. The normalized spacial score (nSPS) is 34.8. The second kappa shape index (κ2) is 5.36. The van der Waals surface area contributed by atoms with Gasteiger partial charge in [0.2, 0.25) is 5.91 Å². The lowest BCUT2D eigenvalue weighted by Gasteiger charge is -2.33. The second-order valence-corrected chi connectivity index (χ2v) is 5.64. The van der Waals surface area contributed by atoms with Crippen LogP contribution in [0.2, 0.25) is 0 Å². The highest BCUT2D eigenvalue weighted by atomic mass is 16.2. The zero-order valence-electron chi connectivity index (χ0n) is 11.1. The van der Waals surface area contributed by atoms with E-state index in [1.807, 2.05) is 0 Å². The maximum Gasteiger partial charge on any atom is 0.227 e. The molecular weight excluding hydrogens is 214 g/mol. The predicted octanol–water partition coefficient (Wildman–Crippen LogP) is 0.587. The molecule has 1 amide bonds. The van der Waals surface area contributed by atoms with Gasteiger partial charge in [0.1, 0.15) is 0 Å². The largest absolute Gasteiger partial charge is 0.352 e. The van der Waals surface area contributed by atoms with E-state index < -0.39 is 0 Å². The van der Waals surface area contributed by atoms with Crippen LogP contribution in [0.4, 0.5) is 0 Å². The maximum absolute atomic E-state index is 12.4. The number of likely N-dealkylation sites (N-methyl/N-ethyl adjacent to an activating group) is 1. The molecule has 98 valence electrons. The second-order valence-electron chi connectivity index (χ2n) is 5.64. The average Bonchev–Trinajstić information content (AvgIpc) is 2.78. The first kappa shape index (κ1) is 12.8. The molecule has 0 spiro atoms. The first-order valence-corrected chi connectivity index (χ1v) is 6.86. The summed E-state index contributed by atoms with van der Waals surface area (Å²) in [5.74, 6) is 0.269. The number of likely N-dealkylation sites (tertiary alicyclic amines) is 1. The van der Waals surface area contributed by atoms with Crippen LogP contribution in [-0.2, 0) is 4.79 Å². The Kier molecular flexibility index (Phi) is 4.05. The summed E-state index contributed by atoms with van der Waals surface area (Å²) in [7, 11) is 2.13. The molecule has 2 aliphatic heterocycles. The van der Waals surface area contributed by atoms with Crippen LogP contribution in [0.15, 0.2) is 0 Å². The molecule has 2 atom stereocenters. The Balaban J connectivity index is 1.91. The van der Waals surface area contributed by atoms with E-state index in [2.05, 4.69) is 29.5 Å². The molecule has 0 radical (unpaired) electrons. The Hall–Kier alpha value is -0.610. The third-order valence-corrected chi connectivity index (χ3v) is 4.36. The topological polar surface area (TPSA) is 44.4 Å². The van der Waals surface area contributed by atoms with Crippen molar-refractivity contribution in [2.24, 2.45) is 5.41 Å². The Morgan fingerprint density at radius 1 is 1.59 bits per heavy atom. The molecule has 2 rings (SSSR count). The Morgan fingerprint density at radius 2 is 2.41 bits per heavy atom. The zero-order valence-corrected chi connectivity index (χ0v) is 11.1. The summed E-state index contributed by atoms with van der Waals surface area (Å²) in [5.41, 5.74) is -0.143. The minimum atomic E-state index is -0.143. The van der Waals surface area contributed by atoms with E-state index in [9.17, 15) is 4.79 Å². The molecule has 4 heteroatoms. The molecule has 0 bridgehead atoms. The van der Waals surface area contributed by atoms with Crippen LogP contribution in [0, 0.1) is 5.41 Å². The van der Waals surface area contributed by atoms with Gasteiger partial charge < -0.3 is 15.5 Å². The third-order valence-electron chi connectivity index (χ3n) is 4.36. The first-order valence-electron chi connectivity index (χ1n) is 6.86. The molecule has 2 unspecified atom stereocenters. The molecule has 2 fully saturated rings. The van der Waals surface area contributed by atoms with Crippen molar-refractivity contribution in [1.82, 2.24) is 15.5 Å². The lowest BCUT2D eigenvalue weighted by Crippen LogP contribution is -2.51. The smallest absolute Gasteiger partial charge is 0.227 e. The van der Waals surface area contributed by atoms with E-state index in [4.69, 9.17) is 0 Å². The van der Waals surface area contributed by atoms with Crippen LogP contribution in [0.1, 0.15) is 32.6 Å². The molecule has 2 heterocycles. The Labute approximate surface area is 104 Å². The number of nitrogens with one attached hydrogen (secondary N) is 2. The van der Waals surface area contributed by atoms with Crippen LogP contribution in [0.3, 0.4) is 0 Å². The summed E-state index contributed by atoms with van der Waals surface area (Å²) >= 11 is 0. The number of carbonyl (C=O) groups excluding carboxylic acids is 1. The summed E-state index contributed by atoms with van der Waals surface area (Å²) in [6, 6.07) is 0.352. The molecule has 0 aromatic rings. The van der Waals surface area contributed by atoms with Crippen LogP contribution in [0.25, 0.3) is 0 Å². The molecule has 0 aromatic carbocycles. The predicted molar refractivity (Wildman–Crippen MR) is 68.9 cm³/mol. The van der Waals surface area contributed by atoms with Gasteiger partial charge in [-0.15, -0.1) is 0 Å². The SMILES string of the molecule is CCC1(C(=O)NC2CCCN(C)C2)CCNC1. The number of hydrogen-bond donors (Lipinski definition) is 2. The van der Waals surface area contributed by atoms with E-state index in [-0.39, 0.29) is 11.3 Å². The number of piperidine rings is 1. The third kappa shape index (κ3) is 2.80. The molecule has 2 aliphatic rings. The molecule has 0 aliphatic carbocycles. The molecule has 2 N–H and O–H groups in total. The van der Waals surface area contributed by atoms with Crippen LogP contribution in [-0.4, -0.2) is 50.1 Å². The maximum atomic E-state index is 12.4. The summed E-state index contributed by atoms with van der Waals surface area (Å²) in [5, 5.41) is 6.58. The highest BCUT2D eigenvalue weighted by Crippen LogP contribution is 2.29. The van der Waals surface area contributed by atoms with Crippen LogP contribution < -0.4 is 10.6 Å². The minimum Gasteiger partial charge on any atom is -0.352 e. The average molecular weight is 239 g/mol. The van der Waals surface area contributed by atoms with Crippen molar-refractivity contribution in [1.29, 1.82) is 0 Å². The molecule has 2 saturated heterocycles. The van der Waals surface area contributed by atoms with E-state index in [0.29, 0.717) is 6.04 Å². The van der Waals surface area contributed by atoms with Gasteiger partial charge in [-0.3, -0.25) is 4.79 Å². The fourth-order valence-corrected chi connectivity index (χ4v) is 3.02. The van der Waals surface area contributed by atoms with E-state index in [1.165, 1.54) is 6.42 Å². The van der Waals surface area contributed by atoms with Gasteiger partial charge in [-0.05, 0) is 45.8 Å². The van der Waals surface area contributed by atoms with Crippen LogP contribution in [0.5, 0.6) is 0 Å². The van der Waals surface area contributed by atoms with Crippen molar-refractivity contribution in [3.05, 3.63) is 0 Å². The molecule has 0 saturated carbocycles. The number of carbonyl (C=O) groups is 1. The van der Waals surface area contributed by atoms with E-state index in [1.54, 1.807) is 0 Å². The quantitative estimate of drug-likeness (QED) is 0.757. The van der Waals surface area contributed by atoms with Crippen molar-refractivity contribution in [3.63, 3.8) is 0 Å². The highest BCUT2D eigenvalue weighted by molar-refractivity contribution is 5.83. The van der Waals surface area contributed by atoms with Crippen molar-refractivity contribution >= 4 is 5.91 Å². The minimum absolute atomic E-state index is 0.143. The summed E-state index contributed by atoms with van der Waals surface area (Å²) < 4.78 is 0. The van der Waals surface area contributed by atoms with Gasteiger partial charge in [-0.1, -0.05) is 6.92 Å². The Bertz CT molecular complexity index is 274. The number of hydrogen-bond acceptors (Lipinski definition) is 3. The van der Waals surface area contributed by atoms with Crippen molar-refractivity contribution < 1.29 is 4.79 Å². The van der Waals surface area contributed by atoms with Gasteiger partial charge in [0, 0.05) is 19.1 Å². The lowest BCUT2D eigenvalue weighted by atomic mass is 9.83. The van der Waals surface area contributed by atoms with Crippen molar-refractivity contribution in [2.45, 2.75) is 38.6 Å². The first-order chi connectivity index (χ1) is 8.16. The monoisotopic (exact) mass is 239 g/mol. The molecule has 17 heavy (non-hydrogen) atoms.